The standard InChI is InChI=1S/C15H12F4IN/c1-8-3-2-4-10(13(8)20)14(21)9-5-6-11(12(16)7-9)15(17,18)19/h2-7,14H,21H2,1H3. The first-order valence-electron chi connectivity index (χ1n) is 6.09. The highest BCUT2D eigenvalue weighted by molar-refractivity contribution is 14.1. The molecule has 0 saturated heterocycles. The van der Waals surface area contributed by atoms with Crippen molar-refractivity contribution in [2.75, 3.05) is 0 Å². The number of halogens is 5. The summed E-state index contributed by atoms with van der Waals surface area (Å²) in [4.78, 5) is 0. The van der Waals surface area contributed by atoms with Crippen molar-refractivity contribution in [3.05, 3.63) is 68.0 Å². The van der Waals surface area contributed by atoms with Crippen LogP contribution in [-0.4, -0.2) is 0 Å². The maximum atomic E-state index is 13.6. The lowest BCUT2D eigenvalue weighted by Crippen LogP contribution is -2.15. The minimum absolute atomic E-state index is 0.309. The first kappa shape index (κ1) is 16.2. The van der Waals surface area contributed by atoms with Gasteiger partial charge in [0.15, 0.2) is 0 Å². The number of rotatable bonds is 2. The van der Waals surface area contributed by atoms with Gasteiger partial charge < -0.3 is 5.73 Å². The van der Waals surface area contributed by atoms with Crippen molar-refractivity contribution in [1.82, 2.24) is 0 Å². The Labute approximate surface area is 133 Å². The van der Waals surface area contributed by atoms with Gasteiger partial charge in [0.1, 0.15) is 5.82 Å². The van der Waals surface area contributed by atoms with Gasteiger partial charge in [-0.2, -0.15) is 13.2 Å². The number of benzene rings is 2. The number of nitrogens with two attached hydrogens (primary N) is 1. The van der Waals surface area contributed by atoms with Crippen molar-refractivity contribution in [1.29, 1.82) is 0 Å². The van der Waals surface area contributed by atoms with Gasteiger partial charge in [-0.25, -0.2) is 4.39 Å². The van der Waals surface area contributed by atoms with Gasteiger partial charge >= 0.3 is 6.18 Å². The van der Waals surface area contributed by atoms with Crippen LogP contribution in [-0.2, 0) is 6.18 Å². The van der Waals surface area contributed by atoms with Crippen LogP contribution in [0, 0.1) is 16.3 Å². The highest BCUT2D eigenvalue weighted by atomic mass is 127. The Kier molecular flexibility index (Phi) is 4.57. The molecule has 0 bridgehead atoms. The van der Waals surface area contributed by atoms with Gasteiger partial charge in [0.2, 0.25) is 0 Å². The molecule has 0 fully saturated rings. The summed E-state index contributed by atoms with van der Waals surface area (Å²) in [5, 5.41) is 0. The van der Waals surface area contributed by atoms with E-state index in [9.17, 15) is 17.6 Å². The van der Waals surface area contributed by atoms with Crippen LogP contribution < -0.4 is 5.73 Å². The molecule has 2 rings (SSSR count). The highest BCUT2D eigenvalue weighted by Gasteiger charge is 2.34. The molecule has 0 aliphatic rings. The van der Waals surface area contributed by atoms with E-state index in [4.69, 9.17) is 5.73 Å². The normalized spacial score (nSPS) is 13.3. The average molecular weight is 409 g/mol. The van der Waals surface area contributed by atoms with E-state index in [1.54, 1.807) is 6.07 Å². The molecule has 6 heteroatoms. The van der Waals surface area contributed by atoms with Crippen LogP contribution in [0.2, 0.25) is 0 Å². The molecule has 0 saturated carbocycles. The van der Waals surface area contributed by atoms with Crippen LogP contribution in [0.25, 0.3) is 0 Å². The molecule has 21 heavy (non-hydrogen) atoms. The van der Waals surface area contributed by atoms with Gasteiger partial charge in [0, 0.05) is 3.57 Å². The van der Waals surface area contributed by atoms with Gasteiger partial charge in [-0.05, 0) is 58.3 Å². The predicted molar refractivity (Wildman–Crippen MR) is 81.3 cm³/mol. The van der Waals surface area contributed by atoms with Crippen molar-refractivity contribution in [2.45, 2.75) is 19.1 Å². The third-order valence-electron chi connectivity index (χ3n) is 3.21. The Morgan fingerprint density at radius 2 is 1.81 bits per heavy atom. The van der Waals surface area contributed by atoms with Crippen molar-refractivity contribution < 1.29 is 17.6 Å². The van der Waals surface area contributed by atoms with Crippen LogP contribution in [0.3, 0.4) is 0 Å². The molecule has 2 aromatic rings. The highest BCUT2D eigenvalue weighted by Crippen LogP contribution is 2.33. The fourth-order valence-electron chi connectivity index (χ4n) is 2.04. The van der Waals surface area contributed by atoms with Crippen LogP contribution in [0.15, 0.2) is 36.4 Å². The summed E-state index contributed by atoms with van der Waals surface area (Å²) in [5.41, 5.74) is 6.86. The van der Waals surface area contributed by atoms with E-state index in [0.29, 0.717) is 5.56 Å². The van der Waals surface area contributed by atoms with E-state index in [1.807, 2.05) is 19.1 Å². The molecule has 2 aromatic carbocycles. The Bertz CT molecular complexity index is 667. The zero-order valence-corrected chi connectivity index (χ0v) is 13.2. The summed E-state index contributed by atoms with van der Waals surface area (Å²) in [6.45, 7) is 1.91. The number of hydrogen-bond acceptors (Lipinski definition) is 1. The van der Waals surface area contributed by atoms with Crippen molar-refractivity contribution in [3.8, 4) is 0 Å². The first-order valence-corrected chi connectivity index (χ1v) is 7.17. The smallest absolute Gasteiger partial charge is 0.320 e. The third-order valence-corrected chi connectivity index (χ3v) is 4.69. The Hall–Kier alpha value is -1.15. The molecule has 0 spiro atoms. The fraction of sp³-hybridized carbons (Fsp3) is 0.200. The fourth-order valence-corrected chi connectivity index (χ4v) is 2.74. The summed E-state index contributed by atoms with van der Waals surface area (Å²) in [6.07, 6.45) is -4.70. The average Bonchev–Trinajstić information content (AvgIpc) is 2.39. The molecule has 0 amide bonds. The lowest BCUT2D eigenvalue weighted by Gasteiger charge is -2.17. The maximum Gasteiger partial charge on any atom is 0.419 e. The molecule has 1 atom stereocenters. The number of aryl methyl sites for hydroxylation is 1. The molecule has 0 radical (unpaired) electrons. The second-order valence-corrected chi connectivity index (χ2v) is 5.77. The molecule has 1 unspecified atom stereocenters. The van der Waals surface area contributed by atoms with Crippen LogP contribution in [0.5, 0.6) is 0 Å². The Morgan fingerprint density at radius 1 is 1.14 bits per heavy atom. The van der Waals surface area contributed by atoms with Gasteiger partial charge in [0.05, 0.1) is 11.6 Å². The summed E-state index contributed by atoms with van der Waals surface area (Å²) in [7, 11) is 0. The second kappa shape index (κ2) is 5.92. The molecule has 0 aromatic heterocycles. The first-order chi connectivity index (χ1) is 9.71. The van der Waals surface area contributed by atoms with E-state index < -0.39 is 23.6 Å². The summed E-state index contributed by atoms with van der Waals surface area (Å²) in [6, 6.07) is 7.63. The molecule has 0 aliphatic carbocycles. The van der Waals surface area contributed by atoms with Crippen molar-refractivity contribution >= 4 is 22.6 Å². The van der Waals surface area contributed by atoms with Gasteiger partial charge in [0.25, 0.3) is 0 Å². The van der Waals surface area contributed by atoms with Crippen molar-refractivity contribution in [2.24, 2.45) is 5.73 Å². The van der Waals surface area contributed by atoms with Gasteiger partial charge in [-0.15, -0.1) is 0 Å². The third kappa shape index (κ3) is 3.37. The number of alkyl halides is 3. The van der Waals surface area contributed by atoms with E-state index in [0.717, 1.165) is 26.8 Å². The lowest BCUT2D eigenvalue weighted by molar-refractivity contribution is -0.140. The quantitative estimate of drug-likeness (QED) is 0.560. The van der Waals surface area contributed by atoms with Gasteiger partial charge in [-0.1, -0.05) is 24.3 Å². The molecular weight excluding hydrogens is 397 g/mol. The Balaban J connectivity index is 2.43. The minimum atomic E-state index is -4.70. The van der Waals surface area contributed by atoms with E-state index >= 15 is 0 Å². The number of hydrogen-bond donors (Lipinski definition) is 1. The molecule has 112 valence electrons. The monoisotopic (exact) mass is 409 g/mol. The topological polar surface area (TPSA) is 26.0 Å². The second-order valence-electron chi connectivity index (χ2n) is 4.69. The molecule has 1 nitrogen and oxygen atoms in total. The molecule has 0 aliphatic heterocycles. The van der Waals surface area contributed by atoms with E-state index in [1.165, 1.54) is 6.07 Å². The Morgan fingerprint density at radius 3 is 2.38 bits per heavy atom. The molecule has 2 N–H and O–H groups in total. The lowest BCUT2D eigenvalue weighted by atomic mass is 9.97. The summed E-state index contributed by atoms with van der Waals surface area (Å²) in [5.74, 6) is -1.31. The zero-order valence-electron chi connectivity index (χ0n) is 11.0. The largest absolute Gasteiger partial charge is 0.419 e. The van der Waals surface area contributed by atoms with Crippen LogP contribution in [0.4, 0.5) is 17.6 Å². The molecule has 0 heterocycles. The van der Waals surface area contributed by atoms with Crippen molar-refractivity contribution in [3.63, 3.8) is 0 Å². The summed E-state index contributed by atoms with van der Waals surface area (Å²) < 4.78 is 52.2. The predicted octanol–water partition coefficient (Wildman–Crippen LogP) is 4.81. The van der Waals surface area contributed by atoms with Crippen LogP contribution >= 0.6 is 22.6 Å². The van der Waals surface area contributed by atoms with E-state index in [2.05, 4.69) is 22.6 Å². The zero-order chi connectivity index (χ0) is 15.8. The SMILES string of the molecule is Cc1cccc(C(N)c2ccc(C(F)(F)F)c(F)c2)c1I. The minimum Gasteiger partial charge on any atom is -0.320 e. The van der Waals surface area contributed by atoms with E-state index in [-0.39, 0.29) is 0 Å². The van der Waals surface area contributed by atoms with Gasteiger partial charge in [-0.3, -0.25) is 0 Å². The summed E-state index contributed by atoms with van der Waals surface area (Å²) >= 11 is 2.12. The molecular formula is C15H12F4IN. The maximum absolute atomic E-state index is 13.6. The van der Waals surface area contributed by atoms with Crippen LogP contribution in [0.1, 0.15) is 28.3 Å².